The number of fused-ring (bicyclic) bond motifs is 5. The molecule has 1 aromatic carbocycles. The van der Waals surface area contributed by atoms with E-state index in [0.717, 1.165) is 29.8 Å². The van der Waals surface area contributed by atoms with Crippen molar-refractivity contribution in [1.82, 2.24) is 30.4 Å². The van der Waals surface area contributed by atoms with E-state index in [1.54, 1.807) is 26.0 Å². The van der Waals surface area contributed by atoms with Crippen LogP contribution < -0.4 is 0 Å². The van der Waals surface area contributed by atoms with E-state index in [4.69, 9.17) is 4.98 Å². The highest BCUT2D eigenvalue weighted by Crippen LogP contribution is 2.69. The molecule has 0 unspecified atom stereocenters. The van der Waals surface area contributed by atoms with E-state index in [1.165, 1.54) is 18.2 Å². The van der Waals surface area contributed by atoms with Crippen molar-refractivity contribution in [3.05, 3.63) is 76.9 Å². The molecular weight excluding hydrogens is 522 g/mol. The molecule has 1 N–H and O–H groups in total. The van der Waals surface area contributed by atoms with Crippen LogP contribution in [0.1, 0.15) is 69.2 Å². The van der Waals surface area contributed by atoms with Crippen molar-refractivity contribution >= 4 is 9.84 Å². The van der Waals surface area contributed by atoms with Crippen molar-refractivity contribution in [3.8, 4) is 22.8 Å². The van der Waals surface area contributed by atoms with E-state index in [-0.39, 0.29) is 34.2 Å². The summed E-state index contributed by atoms with van der Waals surface area (Å²) in [5.41, 5.74) is 2.14. The molecule has 39 heavy (non-hydrogen) atoms. The van der Waals surface area contributed by atoms with Gasteiger partial charge in [0.1, 0.15) is 28.9 Å². The van der Waals surface area contributed by atoms with Crippen LogP contribution in [-0.2, 0) is 21.0 Å². The Hall–Kier alpha value is -3.60. The maximum absolute atomic E-state index is 14.5. The van der Waals surface area contributed by atoms with Crippen LogP contribution in [-0.4, -0.2) is 44.0 Å². The summed E-state index contributed by atoms with van der Waals surface area (Å²) in [5, 5.41) is 15.3. The fourth-order valence-electron chi connectivity index (χ4n) is 6.39. The van der Waals surface area contributed by atoms with E-state index in [0.29, 0.717) is 11.5 Å². The fraction of sp³-hybridized carbons (Fsp3) is 0.393. The largest absolute Gasteiger partial charge is 0.262 e. The summed E-state index contributed by atoms with van der Waals surface area (Å²) in [4.78, 5) is 9.37. The van der Waals surface area contributed by atoms with E-state index < -0.39 is 32.1 Å². The van der Waals surface area contributed by atoms with Gasteiger partial charge in [-0.05, 0) is 73.9 Å². The van der Waals surface area contributed by atoms with Crippen LogP contribution in [0.25, 0.3) is 22.8 Å². The number of pyridine rings is 1. The number of halogens is 2. The number of rotatable bonds is 6. The SMILES string of the molecule is CC(C)S(=O)(=O)Cc1nc(-c2cccc([C@@]34CC[C@@H](c5cc(-c6c(F)cccc6F)nnc53)C4(C)C)n2)n[nH]1. The molecule has 2 aliphatic rings. The van der Waals surface area contributed by atoms with Gasteiger partial charge in [-0.25, -0.2) is 27.2 Å². The minimum absolute atomic E-state index is 0.110. The van der Waals surface area contributed by atoms with Crippen LogP contribution in [0.3, 0.4) is 0 Å². The number of aromatic amines is 1. The first-order valence-corrected chi connectivity index (χ1v) is 14.6. The van der Waals surface area contributed by atoms with Gasteiger partial charge in [-0.3, -0.25) is 5.10 Å². The van der Waals surface area contributed by atoms with Gasteiger partial charge in [0.05, 0.1) is 33.3 Å². The third kappa shape index (κ3) is 3.73. The lowest BCUT2D eigenvalue weighted by Crippen LogP contribution is -2.37. The summed E-state index contributed by atoms with van der Waals surface area (Å²) in [5.74, 6) is -0.909. The van der Waals surface area contributed by atoms with Crippen molar-refractivity contribution in [2.45, 2.75) is 62.9 Å². The second kappa shape index (κ2) is 8.70. The van der Waals surface area contributed by atoms with Crippen LogP contribution in [0.15, 0.2) is 42.5 Å². The van der Waals surface area contributed by atoms with Gasteiger partial charge in [0, 0.05) is 0 Å². The summed E-state index contributed by atoms with van der Waals surface area (Å²) >= 11 is 0. The molecule has 11 heteroatoms. The van der Waals surface area contributed by atoms with Crippen molar-refractivity contribution in [1.29, 1.82) is 0 Å². The first kappa shape index (κ1) is 25.7. The monoisotopic (exact) mass is 550 g/mol. The second-order valence-corrected chi connectivity index (χ2v) is 13.8. The Labute approximate surface area is 225 Å². The molecule has 0 saturated heterocycles. The molecule has 0 radical (unpaired) electrons. The molecule has 3 heterocycles. The summed E-state index contributed by atoms with van der Waals surface area (Å²) < 4.78 is 53.8. The van der Waals surface area contributed by atoms with Crippen molar-refractivity contribution in [2.24, 2.45) is 5.41 Å². The van der Waals surface area contributed by atoms with Crippen molar-refractivity contribution in [3.63, 3.8) is 0 Å². The Morgan fingerprint density at radius 3 is 2.46 bits per heavy atom. The molecule has 2 atom stereocenters. The number of nitrogens with zero attached hydrogens (tertiary/aromatic N) is 5. The zero-order chi connectivity index (χ0) is 27.7. The van der Waals surface area contributed by atoms with Gasteiger partial charge in [0.15, 0.2) is 15.7 Å². The van der Waals surface area contributed by atoms with Crippen LogP contribution in [0.2, 0.25) is 0 Å². The van der Waals surface area contributed by atoms with E-state index >= 15 is 0 Å². The average Bonchev–Trinajstić information content (AvgIpc) is 3.51. The molecular formula is C28H28F2N6O2S. The van der Waals surface area contributed by atoms with E-state index in [9.17, 15) is 17.2 Å². The molecule has 2 bridgehead atoms. The van der Waals surface area contributed by atoms with Gasteiger partial charge in [0.25, 0.3) is 0 Å². The van der Waals surface area contributed by atoms with E-state index in [2.05, 4.69) is 39.2 Å². The molecule has 3 aromatic heterocycles. The third-order valence-corrected chi connectivity index (χ3v) is 10.7. The number of aromatic nitrogens is 6. The highest BCUT2D eigenvalue weighted by molar-refractivity contribution is 7.91. The van der Waals surface area contributed by atoms with Gasteiger partial charge in [-0.1, -0.05) is 26.0 Å². The molecule has 6 rings (SSSR count). The zero-order valence-electron chi connectivity index (χ0n) is 22.0. The summed E-state index contributed by atoms with van der Waals surface area (Å²) in [6, 6.07) is 11.2. The highest BCUT2D eigenvalue weighted by atomic mass is 32.2. The molecule has 2 aliphatic carbocycles. The second-order valence-electron chi connectivity index (χ2n) is 11.2. The molecule has 8 nitrogen and oxygen atoms in total. The number of benzene rings is 1. The Morgan fingerprint density at radius 2 is 1.74 bits per heavy atom. The molecule has 0 spiro atoms. The van der Waals surface area contributed by atoms with Gasteiger partial charge in [-0.2, -0.15) is 10.2 Å². The lowest BCUT2D eigenvalue weighted by atomic mass is 9.66. The molecule has 0 aliphatic heterocycles. The van der Waals surface area contributed by atoms with E-state index in [1.807, 2.05) is 12.1 Å². The topological polar surface area (TPSA) is 114 Å². The maximum Gasteiger partial charge on any atom is 0.199 e. The zero-order valence-corrected chi connectivity index (χ0v) is 22.9. The van der Waals surface area contributed by atoms with Crippen molar-refractivity contribution < 1.29 is 17.2 Å². The first-order chi connectivity index (χ1) is 18.5. The molecule has 1 saturated carbocycles. The molecule has 4 aromatic rings. The van der Waals surface area contributed by atoms with Crippen LogP contribution in [0.4, 0.5) is 8.78 Å². The summed E-state index contributed by atoms with van der Waals surface area (Å²) in [6.45, 7) is 7.61. The normalized spacial score (nSPS) is 21.5. The van der Waals surface area contributed by atoms with Crippen LogP contribution in [0.5, 0.6) is 0 Å². The maximum atomic E-state index is 14.5. The smallest absolute Gasteiger partial charge is 0.199 e. The predicted molar refractivity (Wildman–Crippen MR) is 141 cm³/mol. The Balaban J connectivity index is 1.42. The van der Waals surface area contributed by atoms with Gasteiger partial charge in [-0.15, -0.1) is 5.10 Å². The highest BCUT2D eigenvalue weighted by Gasteiger charge is 2.65. The Morgan fingerprint density at radius 1 is 1.03 bits per heavy atom. The van der Waals surface area contributed by atoms with Crippen LogP contribution in [0, 0.1) is 17.0 Å². The number of sulfone groups is 1. The lowest BCUT2D eigenvalue weighted by molar-refractivity contribution is 0.243. The molecule has 202 valence electrons. The predicted octanol–water partition coefficient (Wildman–Crippen LogP) is 5.13. The summed E-state index contributed by atoms with van der Waals surface area (Å²) in [6.07, 6.45) is 1.66. The number of hydrogen-bond donors (Lipinski definition) is 1. The number of nitrogens with one attached hydrogen (secondary N) is 1. The summed E-state index contributed by atoms with van der Waals surface area (Å²) in [7, 11) is -3.34. The minimum atomic E-state index is -3.34. The lowest BCUT2D eigenvalue weighted by Gasteiger charge is -2.37. The van der Waals surface area contributed by atoms with Crippen molar-refractivity contribution in [2.75, 3.05) is 0 Å². The first-order valence-electron chi connectivity index (χ1n) is 12.9. The van der Waals surface area contributed by atoms with Gasteiger partial charge >= 0.3 is 0 Å². The standard InChI is InChI=1S/C28H28F2N6O2S/c1-15(2)39(37,38)14-23-32-26(36-34-23)20-9-6-10-22(31-20)28-12-11-17(27(28,3)4)16-13-21(33-35-25(16)28)24-18(29)7-5-8-19(24)30/h5-10,13,15,17H,11-12,14H2,1-4H3,(H,32,34,36)/t17-,28-/m0/s1. The Kier molecular flexibility index (Phi) is 5.73. The fourth-order valence-corrected chi connectivity index (χ4v) is 7.23. The molecule has 0 amide bonds. The minimum Gasteiger partial charge on any atom is -0.262 e. The quantitative estimate of drug-likeness (QED) is 0.354. The van der Waals surface area contributed by atoms with Gasteiger partial charge < -0.3 is 0 Å². The average molecular weight is 551 g/mol. The number of H-pyrrole nitrogens is 1. The van der Waals surface area contributed by atoms with Gasteiger partial charge in [0.2, 0.25) is 0 Å². The molecule has 1 fully saturated rings. The number of hydrogen-bond acceptors (Lipinski definition) is 7. The third-order valence-electron chi connectivity index (χ3n) is 8.60. The Bertz CT molecular complexity index is 1700. The van der Waals surface area contributed by atoms with Crippen LogP contribution >= 0.6 is 0 Å².